The van der Waals surface area contributed by atoms with Gasteiger partial charge in [-0.2, -0.15) is 0 Å². The minimum atomic E-state index is 0.899. The first-order valence-electron chi connectivity index (χ1n) is 21.4. The van der Waals surface area contributed by atoms with Gasteiger partial charge < -0.3 is 9.32 Å². The second-order valence-corrected chi connectivity index (χ2v) is 17.1. The monoisotopic (exact) mass is 821 g/mol. The molecule has 0 fully saturated rings. The molecule has 0 aliphatic heterocycles. The quantitative estimate of drug-likeness (QED) is 0.152. The molecule has 296 valence electrons. The molecule has 3 heteroatoms. The third kappa shape index (κ3) is 6.58. The first kappa shape index (κ1) is 36.8. The number of fused-ring (bicyclic) bond motifs is 6. The van der Waals surface area contributed by atoms with Crippen molar-refractivity contribution in [3.8, 4) is 55.6 Å². The number of anilines is 3. The molecule has 0 bridgehead atoms. The maximum Gasteiger partial charge on any atom is 0.135 e. The van der Waals surface area contributed by atoms with E-state index in [1.807, 2.05) is 23.5 Å². The summed E-state index contributed by atoms with van der Waals surface area (Å²) in [5, 5.41) is 4.87. The second-order valence-electron chi connectivity index (χ2n) is 16.0. The normalized spacial score (nSPS) is 11.5. The van der Waals surface area contributed by atoms with Crippen LogP contribution in [0.2, 0.25) is 0 Å². The maximum absolute atomic E-state index is 6.18. The van der Waals surface area contributed by atoms with Crippen LogP contribution in [0.3, 0.4) is 0 Å². The number of hydrogen-bond acceptors (Lipinski definition) is 3. The van der Waals surface area contributed by atoms with E-state index in [-0.39, 0.29) is 0 Å². The van der Waals surface area contributed by atoms with Crippen LogP contribution in [-0.2, 0) is 0 Å². The van der Waals surface area contributed by atoms with E-state index in [9.17, 15) is 0 Å². The van der Waals surface area contributed by atoms with Crippen LogP contribution in [0.15, 0.2) is 241 Å². The van der Waals surface area contributed by atoms with Crippen molar-refractivity contribution in [3.63, 3.8) is 0 Å². The number of thiophene rings is 1. The van der Waals surface area contributed by atoms with E-state index in [2.05, 4.69) is 229 Å². The van der Waals surface area contributed by atoms with Gasteiger partial charge in [0.25, 0.3) is 0 Å². The summed E-state index contributed by atoms with van der Waals surface area (Å²) in [4.78, 5) is 2.43. The number of para-hydroxylation sites is 1. The third-order valence-electron chi connectivity index (χ3n) is 12.3. The largest absolute Gasteiger partial charge is 0.456 e. The lowest BCUT2D eigenvalue weighted by Crippen LogP contribution is -2.12. The molecular formula is C60H39NOS. The van der Waals surface area contributed by atoms with Gasteiger partial charge in [-0.3, -0.25) is 0 Å². The fourth-order valence-corrected chi connectivity index (χ4v) is 10.4. The summed E-state index contributed by atoms with van der Waals surface area (Å²) in [5.41, 5.74) is 16.8. The minimum Gasteiger partial charge on any atom is -0.456 e. The highest BCUT2D eigenvalue weighted by Crippen LogP contribution is 2.48. The molecule has 0 radical (unpaired) electrons. The Kier molecular flexibility index (Phi) is 9.06. The van der Waals surface area contributed by atoms with Crippen LogP contribution in [0, 0.1) is 0 Å². The molecule has 0 atom stereocenters. The average Bonchev–Trinajstić information content (AvgIpc) is 3.93. The third-order valence-corrected chi connectivity index (χ3v) is 13.5. The second kappa shape index (κ2) is 15.5. The van der Waals surface area contributed by atoms with Crippen molar-refractivity contribution in [1.82, 2.24) is 0 Å². The molecule has 2 heterocycles. The highest BCUT2D eigenvalue weighted by atomic mass is 32.1. The van der Waals surface area contributed by atoms with Crippen molar-refractivity contribution in [2.45, 2.75) is 0 Å². The van der Waals surface area contributed by atoms with Crippen LogP contribution < -0.4 is 4.90 Å². The van der Waals surface area contributed by atoms with Crippen LogP contribution in [0.1, 0.15) is 0 Å². The van der Waals surface area contributed by atoms with E-state index in [1.165, 1.54) is 64.7 Å². The summed E-state index contributed by atoms with van der Waals surface area (Å²) in [6.07, 6.45) is 0. The number of hydrogen-bond donors (Lipinski definition) is 0. The van der Waals surface area contributed by atoms with Crippen LogP contribution in [0.4, 0.5) is 17.1 Å². The number of nitrogens with zero attached hydrogens (tertiary/aromatic N) is 1. The van der Waals surface area contributed by atoms with Crippen LogP contribution in [-0.4, -0.2) is 0 Å². The molecule has 63 heavy (non-hydrogen) atoms. The summed E-state index contributed by atoms with van der Waals surface area (Å²) in [6.45, 7) is 0. The molecule has 0 spiro atoms. The molecule has 0 N–H and O–H groups in total. The van der Waals surface area contributed by atoms with Gasteiger partial charge in [-0.1, -0.05) is 170 Å². The highest BCUT2D eigenvalue weighted by molar-refractivity contribution is 7.25. The molecule has 0 amide bonds. The standard InChI is InChI=1S/C60H39NOS/c1-3-14-42(15-4-1)48-18-7-8-21-52(48)60-49(43-16-5-2-6-17-43)22-13-23-55(60)61(46-32-26-40(27-33-46)44-30-36-57-53(38-44)50-19-9-11-24-56(50)62-57)47-34-28-41(29-35-47)45-31-37-59-54(39-45)51-20-10-12-25-58(51)63-59/h1-39H. The molecule has 0 aliphatic carbocycles. The minimum absolute atomic E-state index is 0.899. The Morgan fingerprint density at radius 3 is 1.52 bits per heavy atom. The zero-order chi connectivity index (χ0) is 41.7. The van der Waals surface area contributed by atoms with Crippen molar-refractivity contribution >= 4 is 70.5 Å². The van der Waals surface area contributed by atoms with Gasteiger partial charge in [-0.05, 0) is 117 Å². The van der Waals surface area contributed by atoms with Gasteiger partial charge in [-0.25, -0.2) is 0 Å². The number of benzene rings is 10. The average molecular weight is 822 g/mol. The lowest BCUT2D eigenvalue weighted by atomic mass is 9.87. The zero-order valence-corrected chi connectivity index (χ0v) is 35.1. The van der Waals surface area contributed by atoms with Gasteiger partial charge in [0.2, 0.25) is 0 Å². The van der Waals surface area contributed by atoms with E-state index < -0.39 is 0 Å². The fraction of sp³-hybridized carbons (Fsp3) is 0. The van der Waals surface area contributed by atoms with Gasteiger partial charge in [-0.15, -0.1) is 11.3 Å². The topological polar surface area (TPSA) is 16.4 Å². The molecule has 0 saturated heterocycles. The van der Waals surface area contributed by atoms with E-state index in [0.717, 1.165) is 50.1 Å². The number of rotatable bonds is 8. The van der Waals surface area contributed by atoms with Crippen molar-refractivity contribution in [3.05, 3.63) is 237 Å². The van der Waals surface area contributed by atoms with Crippen molar-refractivity contribution in [1.29, 1.82) is 0 Å². The Labute approximate surface area is 370 Å². The molecule has 2 aromatic heterocycles. The van der Waals surface area contributed by atoms with Crippen molar-refractivity contribution < 1.29 is 4.42 Å². The smallest absolute Gasteiger partial charge is 0.135 e. The SMILES string of the molecule is c1ccc(-c2ccccc2-c2c(-c3ccccc3)cccc2N(c2ccc(-c3ccc4oc5ccccc5c4c3)cc2)c2ccc(-c3ccc4sc5ccccc5c4c3)cc2)cc1. The van der Waals surface area contributed by atoms with Crippen LogP contribution in [0.25, 0.3) is 97.7 Å². The molecular weight excluding hydrogens is 783 g/mol. The Morgan fingerprint density at radius 1 is 0.302 bits per heavy atom. The van der Waals surface area contributed by atoms with E-state index in [4.69, 9.17) is 4.42 Å². The fourth-order valence-electron chi connectivity index (χ4n) is 9.28. The van der Waals surface area contributed by atoms with Crippen molar-refractivity contribution in [2.75, 3.05) is 4.90 Å². The maximum atomic E-state index is 6.18. The van der Waals surface area contributed by atoms with Gasteiger partial charge in [0.1, 0.15) is 11.2 Å². The Balaban J connectivity index is 1.04. The first-order chi connectivity index (χ1) is 31.2. The summed E-state index contributed by atoms with van der Waals surface area (Å²) in [5.74, 6) is 0. The van der Waals surface area contributed by atoms with Gasteiger partial charge >= 0.3 is 0 Å². The van der Waals surface area contributed by atoms with Gasteiger partial charge in [0, 0.05) is 47.9 Å². The Bertz CT molecular complexity index is 3450. The predicted molar refractivity (Wildman–Crippen MR) is 268 cm³/mol. The van der Waals surface area contributed by atoms with Crippen molar-refractivity contribution in [2.24, 2.45) is 0 Å². The lowest BCUT2D eigenvalue weighted by Gasteiger charge is -2.30. The summed E-state index contributed by atoms with van der Waals surface area (Å²) >= 11 is 1.86. The predicted octanol–water partition coefficient (Wildman–Crippen LogP) is 17.8. The zero-order valence-electron chi connectivity index (χ0n) is 34.3. The van der Waals surface area contributed by atoms with E-state index >= 15 is 0 Å². The van der Waals surface area contributed by atoms with Gasteiger partial charge in [0.05, 0.1) is 5.69 Å². The van der Waals surface area contributed by atoms with Crippen LogP contribution >= 0.6 is 11.3 Å². The highest BCUT2D eigenvalue weighted by Gasteiger charge is 2.23. The summed E-state index contributed by atoms with van der Waals surface area (Å²) in [6, 6.07) is 85.6. The number of furan rings is 1. The van der Waals surface area contributed by atoms with Crippen LogP contribution in [0.5, 0.6) is 0 Å². The molecule has 2 nitrogen and oxygen atoms in total. The molecule has 0 aliphatic rings. The van der Waals surface area contributed by atoms with Gasteiger partial charge in [0.15, 0.2) is 0 Å². The molecule has 0 unspecified atom stereocenters. The summed E-state index contributed by atoms with van der Waals surface area (Å²) in [7, 11) is 0. The Morgan fingerprint density at radius 2 is 0.810 bits per heavy atom. The van der Waals surface area contributed by atoms with E-state index in [1.54, 1.807) is 0 Å². The molecule has 12 aromatic rings. The Hall–Kier alpha value is -7.98. The molecule has 12 rings (SSSR count). The lowest BCUT2D eigenvalue weighted by molar-refractivity contribution is 0.669. The van der Waals surface area contributed by atoms with E-state index in [0.29, 0.717) is 0 Å². The first-order valence-corrected chi connectivity index (χ1v) is 22.2. The summed E-state index contributed by atoms with van der Waals surface area (Å²) < 4.78 is 8.81. The molecule has 0 saturated carbocycles. The molecule has 10 aromatic carbocycles.